The molecule has 2 aliphatic heterocycles. The van der Waals surface area contributed by atoms with E-state index in [9.17, 15) is 0 Å². The van der Waals surface area contributed by atoms with Crippen molar-refractivity contribution in [1.82, 2.24) is 4.90 Å². The van der Waals surface area contributed by atoms with Gasteiger partial charge in [0.25, 0.3) is 0 Å². The van der Waals surface area contributed by atoms with Crippen LogP contribution in [0.25, 0.3) is 0 Å². The standard InChI is InChI=1S/C18H32N2O/c19-17-6-4-5-14-12-20(13-16(14)17)15-7-10-21-18(11-15)8-2-1-3-9-18/h14-17H,1-13,19H2. The highest BCUT2D eigenvalue weighted by molar-refractivity contribution is 4.99. The van der Waals surface area contributed by atoms with Crippen LogP contribution in [0, 0.1) is 11.8 Å². The fourth-order valence-electron chi connectivity index (χ4n) is 5.71. The Bertz CT molecular complexity index is 361. The summed E-state index contributed by atoms with van der Waals surface area (Å²) in [5, 5.41) is 0. The predicted molar refractivity (Wildman–Crippen MR) is 85.2 cm³/mol. The van der Waals surface area contributed by atoms with E-state index in [0.29, 0.717) is 6.04 Å². The first-order chi connectivity index (χ1) is 10.3. The Labute approximate surface area is 129 Å². The van der Waals surface area contributed by atoms with Gasteiger partial charge < -0.3 is 10.5 Å². The SMILES string of the molecule is NC1CCCC2CN(C3CCOC4(CCCCC4)C3)CC12. The van der Waals surface area contributed by atoms with Gasteiger partial charge >= 0.3 is 0 Å². The third-order valence-corrected chi connectivity index (χ3v) is 6.93. The lowest BCUT2D eigenvalue weighted by atomic mass is 9.78. The van der Waals surface area contributed by atoms with Crippen molar-refractivity contribution < 1.29 is 4.74 Å². The predicted octanol–water partition coefficient (Wildman–Crippen LogP) is 2.93. The molecule has 120 valence electrons. The molecule has 3 heteroatoms. The van der Waals surface area contributed by atoms with E-state index < -0.39 is 0 Å². The number of hydrogen-bond acceptors (Lipinski definition) is 3. The van der Waals surface area contributed by atoms with Crippen LogP contribution in [0.4, 0.5) is 0 Å². The lowest BCUT2D eigenvalue weighted by Crippen LogP contribution is -2.49. The maximum atomic E-state index is 6.40. The minimum absolute atomic E-state index is 0.247. The monoisotopic (exact) mass is 292 g/mol. The molecule has 0 aromatic heterocycles. The number of nitrogens with zero attached hydrogens (tertiary/aromatic N) is 1. The van der Waals surface area contributed by atoms with Crippen LogP contribution in [-0.4, -0.2) is 42.3 Å². The largest absolute Gasteiger partial charge is 0.375 e. The maximum Gasteiger partial charge on any atom is 0.0697 e. The highest BCUT2D eigenvalue weighted by atomic mass is 16.5. The van der Waals surface area contributed by atoms with Crippen molar-refractivity contribution in [3.8, 4) is 0 Å². The van der Waals surface area contributed by atoms with Gasteiger partial charge in [0.15, 0.2) is 0 Å². The average molecular weight is 292 g/mol. The number of fused-ring (bicyclic) bond motifs is 1. The van der Waals surface area contributed by atoms with Crippen molar-refractivity contribution in [2.24, 2.45) is 17.6 Å². The molecular weight excluding hydrogens is 260 g/mol. The van der Waals surface area contributed by atoms with Crippen LogP contribution >= 0.6 is 0 Å². The van der Waals surface area contributed by atoms with Crippen molar-refractivity contribution in [3.63, 3.8) is 0 Å². The summed E-state index contributed by atoms with van der Waals surface area (Å²) in [5.41, 5.74) is 6.64. The Morgan fingerprint density at radius 2 is 1.81 bits per heavy atom. The van der Waals surface area contributed by atoms with E-state index in [0.717, 1.165) is 24.5 Å². The van der Waals surface area contributed by atoms with Crippen LogP contribution in [-0.2, 0) is 4.74 Å². The van der Waals surface area contributed by atoms with Gasteiger partial charge in [-0.05, 0) is 50.4 Å². The van der Waals surface area contributed by atoms with E-state index in [1.807, 2.05) is 0 Å². The second kappa shape index (κ2) is 5.82. The fraction of sp³-hybridized carbons (Fsp3) is 1.00. The quantitative estimate of drug-likeness (QED) is 0.807. The van der Waals surface area contributed by atoms with Gasteiger partial charge in [-0.1, -0.05) is 25.7 Å². The molecule has 0 aromatic carbocycles. The molecule has 0 amide bonds. The summed E-state index contributed by atoms with van der Waals surface area (Å²) < 4.78 is 6.28. The molecule has 0 aromatic rings. The Hall–Kier alpha value is -0.120. The summed E-state index contributed by atoms with van der Waals surface area (Å²) in [7, 11) is 0. The zero-order valence-corrected chi connectivity index (χ0v) is 13.4. The van der Waals surface area contributed by atoms with Crippen LogP contribution in [0.1, 0.15) is 64.2 Å². The first-order valence-corrected chi connectivity index (χ1v) is 9.39. The van der Waals surface area contributed by atoms with Gasteiger partial charge in [-0.25, -0.2) is 0 Å². The van der Waals surface area contributed by atoms with Gasteiger partial charge in [0.1, 0.15) is 0 Å². The smallest absolute Gasteiger partial charge is 0.0697 e. The molecule has 0 bridgehead atoms. The summed E-state index contributed by atoms with van der Waals surface area (Å²) in [6.45, 7) is 3.58. The van der Waals surface area contributed by atoms with Crippen molar-refractivity contribution >= 4 is 0 Å². The molecule has 2 heterocycles. The molecule has 2 aliphatic carbocycles. The summed E-state index contributed by atoms with van der Waals surface area (Å²) in [6, 6.07) is 1.24. The number of ether oxygens (including phenoxy) is 1. The Morgan fingerprint density at radius 1 is 0.952 bits per heavy atom. The van der Waals surface area contributed by atoms with Crippen molar-refractivity contribution in [3.05, 3.63) is 0 Å². The minimum atomic E-state index is 0.247. The average Bonchev–Trinajstić information content (AvgIpc) is 2.94. The zero-order chi connectivity index (χ0) is 14.3. The zero-order valence-electron chi connectivity index (χ0n) is 13.4. The molecule has 4 rings (SSSR count). The second-order valence-corrected chi connectivity index (χ2v) is 8.21. The van der Waals surface area contributed by atoms with Gasteiger partial charge in [-0.15, -0.1) is 0 Å². The molecule has 4 unspecified atom stereocenters. The van der Waals surface area contributed by atoms with E-state index in [2.05, 4.69) is 4.90 Å². The normalized spacial score (nSPS) is 43.9. The molecule has 2 saturated carbocycles. The van der Waals surface area contributed by atoms with Crippen LogP contribution in [0.3, 0.4) is 0 Å². The van der Waals surface area contributed by atoms with Crippen molar-refractivity contribution in [2.45, 2.75) is 81.9 Å². The lowest BCUT2D eigenvalue weighted by molar-refractivity contribution is -0.122. The number of hydrogen-bond donors (Lipinski definition) is 1. The summed E-state index contributed by atoms with van der Waals surface area (Å²) in [5.74, 6) is 1.67. The van der Waals surface area contributed by atoms with E-state index in [4.69, 9.17) is 10.5 Å². The van der Waals surface area contributed by atoms with Gasteiger partial charge in [-0.3, -0.25) is 4.90 Å². The van der Waals surface area contributed by atoms with Crippen LogP contribution in [0.2, 0.25) is 0 Å². The molecule has 4 atom stereocenters. The number of rotatable bonds is 1. The van der Waals surface area contributed by atoms with Crippen LogP contribution < -0.4 is 5.73 Å². The third kappa shape index (κ3) is 2.77. The van der Waals surface area contributed by atoms with Crippen molar-refractivity contribution in [2.75, 3.05) is 19.7 Å². The van der Waals surface area contributed by atoms with Crippen LogP contribution in [0.5, 0.6) is 0 Å². The maximum absolute atomic E-state index is 6.40. The highest BCUT2D eigenvalue weighted by Gasteiger charge is 2.45. The second-order valence-electron chi connectivity index (χ2n) is 8.21. The summed E-state index contributed by atoms with van der Waals surface area (Å²) in [4.78, 5) is 2.80. The summed E-state index contributed by atoms with van der Waals surface area (Å²) >= 11 is 0. The Morgan fingerprint density at radius 3 is 2.62 bits per heavy atom. The van der Waals surface area contributed by atoms with Gasteiger partial charge in [0.05, 0.1) is 5.60 Å². The topological polar surface area (TPSA) is 38.5 Å². The number of likely N-dealkylation sites (tertiary alicyclic amines) is 1. The molecule has 2 saturated heterocycles. The molecule has 2 N–H and O–H groups in total. The first-order valence-electron chi connectivity index (χ1n) is 9.39. The van der Waals surface area contributed by atoms with Gasteiger partial charge in [0, 0.05) is 31.8 Å². The molecule has 21 heavy (non-hydrogen) atoms. The van der Waals surface area contributed by atoms with Gasteiger partial charge in [-0.2, -0.15) is 0 Å². The fourth-order valence-corrected chi connectivity index (χ4v) is 5.71. The summed E-state index contributed by atoms with van der Waals surface area (Å²) in [6.07, 6.45) is 13.4. The number of nitrogens with two attached hydrogens (primary N) is 1. The first kappa shape index (κ1) is 14.5. The molecule has 3 nitrogen and oxygen atoms in total. The van der Waals surface area contributed by atoms with Gasteiger partial charge in [0.2, 0.25) is 0 Å². The lowest BCUT2D eigenvalue weighted by Gasteiger charge is -2.46. The Kier molecular flexibility index (Phi) is 4.01. The Balaban J connectivity index is 1.42. The minimum Gasteiger partial charge on any atom is -0.375 e. The van der Waals surface area contributed by atoms with Crippen molar-refractivity contribution in [1.29, 1.82) is 0 Å². The van der Waals surface area contributed by atoms with E-state index in [1.165, 1.54) is 77.3 Å². The van der Waals surface area contributed by atoms with E-state index in [-0.39, 0.29) is 5.60 Å². The molecule has 1 spiro atoms. The highest BCUT2D eigenvalue weighted by Crippen LogP contribution is 2.43. The molecule has 4 aliphatic rings. The third-order valence-electron chi connectivity index (χ3n) is 6.93. The van der Waals surface area contributed by atoms with E-state index in [1.54, 1.807) is 0 Å². The molecule has 0 radical (unpaired) electrons. The van der Waals surface area contributed by atoms with E-state index >= 15 is 0 Å². The molecular formula is C18H32N2O. The van der Waals surface area contributed by atoms with Crippen LogP contribution in [0.15, 0.2) is 0 Å². The molecule has 4 fully saturated rings.